The fourth-order valence-electron chi connectivity index (χ4n) is 3.89. The third kappa shape index (κ3) is 13.0. The van der Waals surface area contributed by atoms with E-state index < -0.39 is 30.0 Å². The van der Waals surface area contributed by atoms with Gasteiger partial charge in [-0.3, -0.25) is 24.5 Å². The van der Waals surface area contributed by atoms with Gasteiger partial charge in [0.2, 0.25) is 11.8 Å². The van der Waals surface area contributed by atoms with Gasteiger partial charge in [-0.2, -0.15) is 13.2 Å². The first-order valence-corrected chi connectivity index (χ1v) is 13.9. The van der Waals surface area contributed by atoms with E-state index in [1.807, 2.05) is 54.6 Å². The van der Waals surface area contributed by atoms with Gasteiger partial charge >= 0.3 is 12.1 Å². The minimum absolute atomic E-state index is 0.242. The summed E-state index contributed by atoms with van der Waals surface area (Å²) in [6, 6.07) is 22.7. The van der Waals surface area contributed by atoms with Crippen LogP contribution in [0.3, 0.4) is 0 Å². The van der Waals surface area contributed by atoms with Gasteiger partial charge in [0, 0.05) is 30.3 Å². The molecule has 13 heteroatoms. The van der Waals surface area contributed by atoms with E-state index in [9.17, 15) is 27.6 Å². The van der Waals surface area contributed by atoms with Crippen molar-refractivity contribution in [2.24, 2.45) is 0 Å². The summed E-state index contributed by atoms with van der Waals surface area (Å²) in [4.78, 5) is 48.7. The zero-order valence-electron chi connectivity index (χ0n) is 24.7. The number of alkyl halides is 3. The van der Waals surface area contributed by atoms with Crippen LogP contribution in [0.25, 0.3) is 6.08 Å². The number of carbonyl (C=O) groups is 4. The maximum Gasteiger partial charge on any atom is 0.490 e. The van der Waals surface area contributed by atoms with Crippen LogP contribution in [0.4, 0.5) is 18.9 Å². The SMILES string of the molecule is CCN(CC)Cc1ccc(C[C@H](NC(=O)/C=C/c2ccccc2)C(=O)Nc2ccc(C(=O)NO)cc2)cc1.O=C(O)C(F)(F)F. The van der Waals surface area contributed by atoms with E-state index in [4.69, 9.17) is 15.1 Å². The van der Waals surface area contributed by atoms with Crippen LogP contribution in [-0.4, -0.2) is 64.2 Å². The molecule has 0 fully saturated rings. The third-order valence-corrected chi connectivity index (χ3v) is 6.38. The molecule has 0 radical (unpaired) electrons. The van der Waals surface area contributed by atoms with E-state index in [1.54, 1.807) is 23.7 Å². The Hall–Kier alpha value is -5.01. The number of nitrogens with one attached hydrogen (secondary N) is 3. The Morgan fingerprint density at radius 2 is 1.42 bits per heavy atom. The topological polar surface area (TPSA) is 148 Å². The lowest BCUT2D eigenvalue weighted by Crippen LogP contribution is -2.44. The minimum Gasteiger partial charge on any atom is -0.475 e. The van der Waals surface area contributed by atoms with E-state index in [1.165, 1.54) is 23.8 Å². The molecule has 0 saturated heterocycles. The van der Waals surface area contributed by atoms with Crippen molar-refractivity contribution in [3.8, 4) is 0 Å². The van der Waals surface area contributed by atoms with Gasteiger partial charge in [-0.1, -0.05) is 68.4 Å². The van der Waals surface area contributed by atoms with Crippen LogP contribution in [0.15, 0.2) is 84.9 Å². The van der Waals surface area contributed by atoms with Crippen LogP contribution in [0.5, 0.6) is 0 Å². The predicted octanol–water partition coefficient (Wildman–Crippen LogP) is 4.66. The summed E-state index contributed by atoms with van der Waals surface area (Å²) in [7, 11) is 0. The minimum atomic E-state index is -5.08. The number of carboxylic acids is 1. The molecular weight excluding hydrogens is 593 g/mol. The molecule has 0 aromatic heterocycles. The highest BCUT2D eigenvalue weighted by molar-refractivity contribution is 6.00. The molecule has 1 atom stereocenters. The first kappa shape index (κ1) is 36.2. The lowest BCUT2D eigenvalue weighted by Gasteiger charge is -2.20. The van der Waals surface area contributed by atoms with Crippen LogP contribution in [0.2, 0.25) is 0 Å². The maximum atomic E-state index is 13.2. The maximum absolute atomic E-state index is 13.2. The van der Waals surface area contributed by atoms with Crippen LogP contribution < -0.4 is 16.1 Å². The fourth-order valence-corrected chi connectivity index (χ4v) is 3.89. The molecule has 0 bridgehead atoms. The number of rotatable bonds is 12. The number of amides is 3. The number of hydrogen-bond acceptors (Lipinski definition) is 6. The van der Waals surface area contributed by atoms with Crippen molar-refractivity contribution >= 4 is 35.5 Å². The number of carbonyl (C=O) groups excluding carboxylic acids is 3. The monoisotopic (exact) mass is 628 g/mol. The number of benzene rings is 3. The summed E-state index contributed by atoms with van der Waals surface area (Å²) in [5, 5.41) is 21.5. The van der Waals surface area contributed by atoms with Crippen molar-refractivity contribution in [2.45, 2.75) is 39.0 Å². The molecule has 0 heterocycles. The molecule has 3 amide bonds. The lowest BCUT2D eigenvalue weighted by atomic mass is 10.0. The van der Waals surface area contributed by atoms with Crippen LogP contribution in [-0.2, 0) is 27.3 Å². The molecule has 10 nitrogen and oxygen atoms in total. The molecule has 3 aromatic carbocycles. The molecule has 0 aliphatic rings. The average molecular weight is 629 g/mol. The summed E-state index contributed by atoms with van der Waals surface area (Å²) < 4.78 is 31.7. The van der Waals surface area contributed by atoms with Crippen LogP contribution in [0.1, 0.15) is 40.9 Å². The van der Waals surface area contributed by atoms with Gasteiger partial charge in [-0.25, -0.2) is 10.3 Å². The molecule has 5 N–H and O–H groups in total. The smallest absolute Gasteiger partial charge is 0.475 e. The Balaban J connectivity index is 0.000000900. The molecule has 3 aromatic rings. The number of aliphatic carboxylic acids is 1. The Bertz CT molecular complexity index is 1430. The van der Waals surface area contributed by atoms with Gasteiger partial charge in [-0.15, -0.1) is 0 Å². The van der Waals surface area contributed by atoms with E-state index in [2.05, 4.69) is 29.4 Å². The Morgan fingerprint density at radius 1 is 0.867 bits per heavy atom. The highest BCUT2D eigenvalue weighted by Crippen LogP contribution is 2.14. The van der Waals surface area contributed by atoms with E-state index in [-0.39, 0.29) is 11.5 Å². The second kappa shape index (κ2) is 18.0. The quantitative estimate of drug-likeness (QED) is 0.111. The number of carboxylic acid groups (broad SMARTS) is 1. The van der Waals surface area contributed by atoms with Gasteiger partial charge in [0.1, 0.15) is 6.04 Å². The first-order valence-electron chi connectivity index (χ1n) is 13.9. The summed E-state index contributed by atoms with van der Waals surface area (Å²) in [5.74, 6) is -4.18. The van der Waals surface area contributed by atoms with Crippen molar-refractivity contribution in [3.05, 3.63) is 107 Å². The van der Waals surface area contributed by atoms with Gasteiger partial charge < -0.3 is 15.7 Å². The van der Waals surface area contributed by atoms with Gasteiger partial charge in [0.05, 0.1) is 0 Å². The number of hydroxylamine groups is 1. The second-order valence-electron chi connectivity index (χ2n) is 9.60. The zero-order valence-corrected chi connectivity index (χ0v) is 24.7. The van der Waals surface area contributed by atoms with Gasteiger partial charge in [-0.05, 0) is 60.1 Å². The Labute approximate surface area is 258 Å². The normalized spacial score (nSPS) is 11.7. The molecule has 240 valence electrons. The summed E-state index contributed by atoms with van der Waals surface area (Å²) in [6.07, 6.45) is -1.68. The third-order valence-electron chi connectivity index (χ3n) is 6.38. The van der Waals surface area contributed by atoms with Gasteiger partial charge in [0.25, 0.3) is 5.91 Å². The second-order valence-corrected chi connectivity index (χ2v) is 9.60. The number of nitrogens with zero attached hydrogens (tertiary/aromatic N) is 1. The van der Waals surface area contributed by atoms with E-state index in [0.29, 0.717) is 12.1 Å². The fraction of sp³-hybridized carbons (Fsp3) is 0.250. The van der Waals surface area contributed by atoms with Crippen molar-refractivity contribution in [1.29, 1.82) is 0 Å². The Morgan fingerprint density at radius 3 is 1.93 bits per heavy atom. The molecule has 0 aliphatic heterocycles. The zero-order chi connectivity index (χ0) is 33.4. The van der Waals surface area contributed by atoms with Crippen LogP contribution in [0, 0.1) is 0 Å². The highest BCUT2D eigenvalue weighted by Gasteiger charge is 2.38. The molecule has 0 aliphatic carbocycles. The highest BCUT2D eigenvalue weighted by atomic mass is 19.4. The molecular formula is C32H35F3N4O6. The molecule has 3 rings (SSSR count). The number of anilines is 1. The van der Waals surface area contributed by atoms with Crippen molar-refractivity contribution < 1.29 is 42.7 Å². The standard InChI is InChI=1S/C30H34N4O4.C2HF3O2/c1-3-34(4-2)21-24-12-10-23(11-13-24)20-27(32-28(35)19-14-22-8-6-5-7-9-22)30(37)31-26-17-15-25(16-18-26)29(36)33-38;3-2(4,5)1(6)7/h5-19,27,38H,3-4,20-21H2,1-2H3,(H,31,37)(H,32,35)(H,33,36);(H,6,7)/b19-14+;/t27-;/m0./s1. The van der Waals surface area contributed by atoms with Crippen LogP contribution >= 0.6 is 0 Å². The molecule has 0 spiro atoms. The van der Waals surface area contributed by atoms with Gasteiger partial charge in [0.15, 0.2) is 0 Å². The summed E-state index contributed by atoms with van der Waals surface area (Å²) >= 11 is 0. The molecule has 0 saturated carbocycles. The number of hydrogen-bond donors (Lipinski definition) is 5. The van der Waals surface area contributed by atoms with Crippen molar-refractivity contribution in [2.75, 3.05) is 18.4 Å². The van der Waals surface area contributed by atoms with E-state index in [0.717, 1.165) is 30.8 Å². The molecule has 45 heavy (non-hydrogen) atoms. The predicted molar refractivity (Wildman–Crippen MR) is 162 cm³/mol. The average Bonchev–Trinajstić information content (AvgIpc) is 3.03. The molecule has 0 unspecified atom stereocenters. The lowest BCUT2D eigenvalue weighted by molar-refractivity contribution is -0.192. The number of halogens is 3. The summed E-state index contributed by atoms with van der Waals surface area (Å²) in [5.41, 5.74) is 5.24. The largest absolute Gasteiger partial charge is 0.490 e. The summed E-state index contributed by atoms with van der Waals surface area (Å²) in [6.45, 7) is 7.04. The van der Waals surface area contributed by atoms with Crippen molar-refractivity contribution in [1.82, 2.24) is 15.7 Å². The van der Waals surface area contributed by atoms with Crippen molar-refractivity contribution in [3.63, 3.8) is 0 Å². The first-order chi connectivity index (χ1) is 21.4. The van der Waals surface area contributed by atoms with E-state index >= 15 is 0 Å². The Kier molecular flexibility index (Phi) is 14.4.